The van der Waals surface area contributed by atoms with Crippen LogP contribution in [0.2, 0.25) is 0 Å². The van der Waals surface area contributed by atoms with E-state index in [2.05, 4.69) is 5.32 Å². The van der Waals surface area contributed by atoms with E-state index in [1.54, 1.807) is 11.9 Å². The zero-order valence-corrected chi connectivity index (χ0v) is 12.7. The second-order valence-corrected chi connectivity index (χ2v) is 5.62. The van der Waals surface area contributed by atoms with Crippen LogP contribution in [-0.4, -0.2) is 18.9 Å². The van der Waals surface area contributed by atoms with Crippen LogP contribution in [-0.2, 0) is 11.2 Å². The van der Waals surface area contributed by atoms with Crippen LogP contribution >= 0.6 is 0 Å². The maximum Gasteiger partial charge on any atom is 0.255 e. The molecule has 0 atom stereocenters. The van der Waals surface area contributed by atoms with Crippen LogP contribution in [0.4, 0.5) is 11.4 Å². The van der Waals surface area contributed by atoms with Crippen molar-refractivity contribution in [2.45, 2.75) is 19.8 Å². The molecular weight excluding hydrogens is 276 g/mol. The Labute approximate surface area is 129 Å². The number of aryl methyl sites for hydroxylation is 2. The number of carbonyl (C=O) groups excluding carboxylic acids is 2. The third-order valence-electron chi connectivity index (χ3n) is 3.99. The lowest BCUT2D eigenvalue weighted by atomic mass is 10.0. The van der Waals surface area contributed by atoms with E-state index in [0.717, 1.165) is 22.5 Å². The van der Waals surface area contributed by atoms with E-state index in [-0.39, 0.29) is 11.8 Å². The van der Waals surface area contributed by atoms with Crippen molar-refractivity contribution in [2.24, 2.45) is 0 Å². The molecule has 4 nitrogen and oxygen atoms in total. The Morgan fingerprint density at radius 3 is 2.55 bits per heavy atom. The van der Waals surface area contributed by atoms with E-state index in [9.17, 15) is 9.59 Å². The summed E-state index contributed by atoms with van der Waals surface area (Å²) in [6, 6.07) is 13.1. The molecule has 0 radical (unpaired) electrons. The Morgan fingerprint density at radius 2 is 1.82 bits per heavy atom. The molecule has 0 aliphatic carbocycles. The van der Waals surface area contributed by atoms with E-state index >= 15 is 0 Å². The Morgan fingerprint density at radius 1 is 1.09 bits per heavy atom. The van der Waals surface area contributed by atoms with Crippen molar-refractivity contribution >= 4 is 23.2 Å². The first-order valence-corrected chi connectivity index (χ1v) is 7.32. The second-order valence-electron chi connectivity index (χ2n) is 5.62. The van der Waals surface area contributed by atoms with Crippen molar-refractivity contribution in [3.05, 3.63) is 59.2 Å². The molecule has 4 heteroatoms. The average molecular weight is 294 g/mol. The molecule has 0 bridgehead atoms. The van der Waals surface area contributed by atoms with Crippen LogP contribution in [0.3, 0.4) is 0 Å². The van der Waals surface area contributed by atoms with Crippen molar-refractivity contribution < 1.29 is 9.59 Å². The smallest absolute Gasteiger partial charge is 0.255 e. The molecule has 1 aliphatic rings. The minimum Gasteiger partial charge on any atom is -0.322 e. The van der Waals surface area contributed by atoms with Crippen molar-refractivity contribution in [3.63, 3.8) is 0 Å². The maximum absolute atomic E-state index is 12.2. The van der Waals surface area contributed by atoms with Gasteiger partial charge >= 0.3 is 0 Å². The first-order valence-electron chi connectivity index (χ1n) is 7.32. The first-order chi connectivity index (χ1) is 10.5. The SMILES string of the molecule is Cc1ccc(C(=O)Nc2ccc3c(c2)CCC(=O)N3C)cc1. The molecule has 2 aromatic rings. The quantitative estimate of drug-likeness (QED) is 0.925. The molecule has 1 heterocycles. The number of benzene rings is 2. The number of nitrogens with one attached hydrogen (secondary N) is 1. The highest BCUT2D eigenvalue weighted by atomic mass is 16.2. The van der Waals surface area contributed by atoms with Crippen LogP contribution in [0.25, 0.3) is 0 Å². The van der Waals surface area contributed by atoms with Gasteiger partial charge in [0.1, 0.15) is 0 Å². The molecule has 3 rings (SSSR count). The molecule has 0 saturated carbocycles. The van der Waals surface area contributed by atoms with E-state index in [1.165, 1.54) is 0 Å². The fraction of sp³-hybridized carbons (Fsp3) is 0.222. The summed E-state index contributed by atoms with van der Waals surface area (Å²) in [4.78, 5) is 25.6. The fourth-order valence-corrected chi connectivity index (χ4v) is 2.64. The highest BCUT2D eigenvalue weighted by Crippen LogP contribution is 2.29. The summed E-state index contributed by atoms with van der Waals surface area (Å²) >= 11 is 0. The predicted molar refractivity (Wildman–Crippen MR) is 87.3 cm³/mol. The zero-order valence-electron chi connectivity index (χ0n) is 12.7. The summed E-state index contributed by atoms with van der Waals surface area (Å²) in [5.74, 6) is 0.00383. The number of fused-ring (bicyclic) bond motifs is 1. The third kappa shape index (κ3) is 2.72. The van der Waals surface area contributed by atoms with Crippen LogP contribution in [0.15, 0.2) is 42.5 Å². The van der Waals surface area contributed by atoms with Gasteiger partial charge in [-0.25, -0.2) is 0 Å². The summed E-state index contributed by atoms with van der Waals surface area (Å²) < 4.78 is 0. The van der Waals surface area contributed by atoms with Gasteiger partial charge in [0.05, 0.1) is 0 Å². The molecule has 0 fully saturated rings. The first kappa shape index (κ1) is 14.3. The third-order valence-corrected chi connectivity index (χ3v) is 3.99. The molecule has 0 unspecified atom stereocenters. The second kappa shape index (κ2) is 5.64. The van der Waals surface area contributed by atoms with Crippen molar-refractivity contribution in [3.8, 4) is 0 Å². The van der Waals surface area contributed by atoms with Gasteiger partial charge in [0, 0.05) is 30.4 Å². The molecule has 22 heavy (non-hydrogen) atoms. The van der Waals surface area contributed by atoms with Crippen LogP contribution < -0.4 is 10.2 Å². The topological polar surface area (TPSA) is 49.4 Å². The minimum absolute atomic E-state index is 0.125. The number of hydrogen-bond donors (Lipinski definition) is 1. The molecule has 1 N–H and O–H groups in total. The Balaban J connectivity index is 1.80. The van der Waals surface area contributed by atoms with Crippen molar-refractivity contribution in [2.75, 3.05) is 17.3 Å². The lowest BCUT2D eigenvalue weighted by molar-refractivity contribution is -0.118. The number of carbonyl (C=O) groups is 2. The monoisotopic (exact) mass is 294 g/mol. The van der Waals surface area contributed by atoms with Gasteiger partial charge in [0.15, 0.2) is 0 Å². The largest absolute Gasteiger partial charge is 0.322 e. The van der Waals surface area contributed by atoms with E-state index < -0.39 is 0 Å². The molecule has 0 spiro atoms. The van der Waals surface area contributed by atoms with Gasteiger partial charge in [-0.05, 0) is 49.2 Å². The van der Waals surface area contributed by atoms with Gasteiger partial charge in [-0.3, -0.25) is 9.59 Å². The number of nitrogens with zero attached hydrogens (tertiary/aromatic N) is 1. The van der Waals surface area contributed by atoms with Gasteiger partial charge in [-0.15, -0.1) is 0 Å². The Hall–Kier alpha value is -2.62. The number of rotatable bonds is 2. The van der Waals surface area contributed by atoms with E-state index in [1.807, 2.05) is 49.4 Å². The van der Waals surface area contributed by atoms with Gasteiger partial charge in [-0.1, -0.05) is 17.7 Å². The number of anilines is 2. The molecular formula is C18H18N2O2. The number of amides is 2. The lowest BCUT2D eigenvalue weighted by Gasteiger charge is -2.26. The van der Waals surface area contributed by atoms with E-state index in [0.29, 0.717) is 18.4 Å². The maximum atomic E-state index is 12.2. The molecule has 2 aromatic carbocycles. The molecule has 0 saturated heterocycles. The highest BCUT2D eigenvalue weighted by molar-refractivity contribution is 6.04. The Kier molecular flexibility index (Phi) is 3.67. The molecule has 112 valence electrons. The summed E-state index contributed by atoms with van der Waals surface area (Å²) in [5.41, 5.74) is 4.52. The summed E-state index contributed by atoms with van der Waals surface area (Å²) in [6.07, 6.45) is 1.23. The average Bonchev–Trinajstić information content (AvgIpc) is 2.51. The summed E-state index contributed by atoms with van der Waals surface area (Å²) in [5, 5.41) is 2.91. The van der Waals surface area contributed by atoms with Crippen LogP contribution in [0.1, 0.15) is 27.9 Å². The summed E-state index contributed by atoms with van der Waals surface area (Å²) in [7, 11) is 1.78. The van der Waals surface area contributed by atoms with Gasteiger partial charge < -0.3 is 10.2 Å². The summed E-state index contributed by atoms with van der Waals surface area (Å²) in [6.45, 7) is 1.99. The standard InChI is InChI=1S/C18H18N2O2/c1-12-3-5-13(6-4-12)18(22)19-15-8-9-16-14(11-15)7-10-17(21)20(16)2/h3-6,8-9,11H,7,10H2,1-2H3,(H,19,22). The van der Waals surface area contributed by atoms with Gasteiger partial charge in [-0.2, -0.15) is 0 Å². The van der Waals surface area contributed by atoms with Crippen LogP contribution in [0, 0.1) is 6.92 Å². The van der Waals surface area contributed by atoms with E-state index in [4.69, 9.17) is 0 Å². The van der Waals surface area contributed by atoms with Crippen molar-refractivity contribution in [1.82, 2.24) is 0 Å². The lowest BCUT2D eigenvalue weighted by Crippen LogP contribution is -2.31. The fourth-order valence-electron chi connectivity index (χ4n) is 2.64. The molecule has 2 amide bonds. The molecule has 1 aliphatic heterocycles. The van der Waals surface area contributed by atoms with Crippen molar-refractivity contribution in [1.29, 1.82) is 0 Å². The highest BCUT2D eigenvalue weighted by Gasteiger charge is 2.21. The zero-order chi connectivity index (χ0) is 15.7. The van der Waals surface area contributed by atoms with Gasteiger partial charge in [0.2, 0.25) is 5.91 Å². The van der Waals surface area contributed by atoms with Gasteiger partial charge in [0.25, 0.3) is 5.91 Å². The normalized spacial score (nSPS) is 13.7. The predicted octanol–water partition coefficient (Wildman–Crippen LogP) is 3.16. The number of hydrogen-bond acceptors (Lipinski definition) is 2. The minimum atomic E-state index is -0.125. The Bertz CT molecular complexity index is 735. The van der Waals surface area contributed by atoms with Crippen LogP contribution in [0.5, 0.6) is 0 Å². The molecule has 0 aromatic heterocycles.